The van der Waals surface area contributed by atoms with Crippen LogP contribution in [0.15, 0.2) is 72.8 Å². The van der Waals surface area contributed by atoms with Gasteiger partial charge in [-0.2, -0.15) is 0 Å². The molecule has 0 saturated carbocycles. The molecule has 0 bridgehead atoms. The molecule has 3 aromatic carbocycles. The predicted octanol–water partition coefficient (Wildman–Crippen LogP) is 4.75. The molecule has 0 aromatic heterocycles. The van der Waals surface area contributed by atoms with Gasteiger partial charge in [-0.3, -0.25) is 9.59 Å². The van der Waals surface area contributed by atoms with Crippen molar-refractivity contribution in [3.8, 4) is 5.75 Å². The molecule has 6 heteroatoms. The van der Waals surface area contributed by atoms with E-state index in [2.05, 4.69) is 5.32 Å². The molecule has 0 aliphatic rings. The Kier molecular flexibility index (Phi) is 7.60. The average molecular weight is 435 g/mol. The van der Waals surface area contributed by atoms with E-state index in [9.17, 15) is 14.0 Å². The molecule has 32 heavy (non-hydrogen) atoms. The zero-order chi connectivity index (χ0) is 23.1. The first-order valence-corrected chi connectivity index (χ1v) is 10.4. The Bertz CT molecular complexity index is 1080. The third-order valence-corrected chi connectivity index (χ3v) is 4.85. The van der Waals surface area contributed by atoms with Crippen LogP contribution in [0.25, 0.3) is 0 Å². The number of rotatable bonds is 8. The van der Waals surface area contributed by atoms with Gasteiger partial charge in [-0.05, 0) is 67.4 Å². The van der Waals surface area contributed by atoms with E-state index in [4.69, 9.17) is 4.74 Å². The zero-order valence-corrected chi connectivity index (χ0v) is 18.5. The van der Waals surface area contributed by atoms with Crippen molar-refractivity contribution in [1.29, 1.82) is 0 Å². The van der Waals surface area contributed by atoms with E-state index < -0.39 is 0 Å². The van der Waals surface area contributed by atoms with Crippen molar-refractivity contribution >= 4 is 17.5 Å². The van der Waals surface area contributed by atoms with Crippen molar-refractivity contribution in [2.75, 3.05) is 12.0 Å². The van der Waals surface area contributed by atoms with Gasteiger partial charge in [-0.15, -0.1) is 0 Å². The Morgan fingerprint density at radius 3 is 2.34 bits per heavy atom. The first-order chi connectivity index (χ1) is 15.4. The molecule has 0 aliphatic heterocycles. The fraction of sp³-hybridized carbons (Fsp3) is 0.231. The highest BCUT2D eigenvalue weighted by Crippen LogP contribution is 2.23. The maximum Gasteiger partial charge on any atom is 0.258 e. The van der Waals surface area contributed by atoms with Gasteiger partial charge in [0.25, 0.3) is 5.91 Å². The predicted molar refractivity (Wildman–Crippen MR) is 123 cm³/mol. The molecule has 0 radical (unpaired) electrons. The van der Waals surface area contributed by atoms with Crippen LogP contribution in [0, 0.1) is 5.82 Å². The number of anilines is 1. The molecule has 1 N–H and O–H groups in total. The summed E-state index contributed by atoms with van der Waals surface area (Å²) in [4.78, 5) is 27.0. The van der Waals surface area contributed by atoms with Crippen LogP contribution in [0.2, 0.25) is 0 Å². The number of nitrogens with one attached hydrogen (secondary N) is 1. The minimum Gasteiger partial charge on any atom is -0.497 e. The highest BCUT2D eigenvalue weighted by molar-refractivity contribution is 6.06. The van der Waals surface area contributed by atoms with Crippen molar-refractivity contribution in [2.45, 2.75) is 32.9 Å². The molecule has 5 nitrogen and oxygen atoms in total. The third-order valence-electron chi connectivity index (χ3n) is 4.85. The van der Waals surface area contributed by atoms with Crippen LogP contribution in [0.5, 0.6) is 5.75 Å². The molecule has 3 rings (SSSR count). The summed E-state index contributed by atoms with van der Waals surface area (Å²) in [7, 11) is 1.54. The van der Waals surface area contributed by atoms with Crippen LogP contribution in [0.3, 0.4) is 0 Å². The Labute approximate surface area is 187 Å². The second-order valence-electron chi connectivity index (χ2n) is 7.82. The number of amides is 2. The summed E-state index contributed by atoms with van der Waals surface area (Å²) in [5.74, 6) is -0.0776. The van der Waals surface area contributed by atoms with Gasteiger partial charge in [0, 0.05) is 17.3 Å². The van der Waals surface area contributed by atoms with E-state index in [1.807, 2.05) is 26.0 Å². The SMILES string of the molecule is COc1cccc(C(=O)N(Cc2cccc(F)c2)c2ccc(CC(=O)NC(C)C)cc2)c1. The number of carbonyl (C=O) groups is 2. The maximum absolute atomic E-state index is 13.7. The number of methoxy groups -OCH3 is 1. The quantitative estimate of drug-likeness (QED) is 0.557. The minimum atomic E-state index is -0.359. The van der Waals surface area contributed by atoms with Crippen molar-refractivity contribution in [3.05, 3.63) is 95.3 Å². The number of nitrogens with zero attached hydrogens (tertiary/aromatic N) is 1. The summed E-state index contributed by atoms with van der Waals surface area (Å²) in [5, 5.41) is 2.87. The van der Waals surface area contributed by atoms with Gasteiger partial charge in [0.05, 0.1) is 20.1 Å². The highest BCUT2D eigenvalue weighted by Gasteiger charge is 2.19. The number of carbonyl (C=O) groups excluding carboxylic acids is 2. The molecule has 166 valence electrons. The normalized spacial score (nSPS) is 10.7. The average Bonchev–Trinajstić information content (AvgIpc) is 2.77. The van der Waals surface area contributed by atoms with E-state index in [1.165, 1.54) is 12.1 Å². The Balaban J connectivity index is 1.89. The van der Waals surface area contributed by atoms with Gasteiger partial charge in [-0.25, -0.2) is 4.39 Å². The molecule has 0 atom stereocenters. The van der Waals surface area contributed by atoms with Crippen LogP contribution in [0.4, 0.5) is 10.1 Å². The number of hydrogen-bond donors (Lipinski definition) is 1. The van der Waals surface area contributed by atoms with Crippen molar-refractivity contribution < 1.29 is 18.7 Å². The molecule has 0 fully saturated rings. The van der Waals surface area contributed by atoms with E-state index in [0.29, 0.717) is 22.6 Å². The van der Waals surface area contributed by atoms with Gasteiger partial charge in [-0.1, -0.05) is 30.3 Å². The summed E-state index contributed by atoms with van der Waals surface area (Å²) in [6.45, 7) is 4.02. The van der Waals surface area contributed by atoms with Gasteiger partial charge in [0.1, 0.15) is 11.6 Å². The third kappa shape index (κ3) is 6.17. The minimum absolute atomic E-state index is 0.0585. The van der Waals surface area contributed by atoms with E-state index in [0.717, 1.165) is 5.56 Å². The highest BCUT2D eigenvalue weighted by atomic mass is 19.1. The molecule has 3 aromatic rings. The lowest BCUT2D eigenvalue weighted by Gasteiger charge is -2.24. The lowest BCUT2D eigenvalue weighted by atomic mass is 10.1. The van der Waals surface area contributed by atoms with Crippen LogP contribution >= 0.6 is 0 Å². The summed E-state index contributed by atoms with van der Waals surface area (Å²) >= 11 is 0. The number of halogens is 1. The molecule has 0 unspecified atom stereocenters. The molecule has 0 aliphatic carbocycles. The summed E-state index contributed by atoms with van der Waals surface area (Å²) in [6, 6.07) is 20.4. The Hall–Kier alpha value is -3.67. The largest absolute Gasteiger partial charge is 0.497 e. The van der Waals surface area contributed by atoms with E-state index in [1.54, 1.807) is 60.5 Å². The van der Waals surface area contributed by atoms with Crippen molar-refractivity contribution in [3.63, 3.8) is 0 Å². The molecule has 0 heterocycles. The van der Waals surface area contributed by atoms with Gasteiger partial charge in [0.15, 0.2) is 0 Å². The lowest BCUT2D eigenvalue weighted by molar-refractivity contribution is -0.120. The molecular formula is C26H27FN2O3. The van der Waals surface area contributed by atoms with E-state index >= 15 is 0 Å². The second kappa shape index (κ2) is 10.6. The lowest BCUT2D eigenvalue weighted by Crippen LogP contribution is -2.31. The molecular weight excluding hydrogens is 407 g/mol. The Morgan fingerprint density at radius 1 is 0.969 bits per heavy atom. The number of ether oxygens (including phenoxy) is 1. The van der Waals surface area contributed by atoms with Crippen molar-refractivity contribution in [2.24, 2.45) is 0 Å². The summed E-state index contributed by atoms with van der Waals surface area (Å²) < 4.78 is 19.0. The van der Waals surface area contributed by atoms with Gasteiger partial charge < -0.3 is 15.0 Å². The van der Waals surface area contributed by atoms with Crippen LogP contribution in [0.1, 0.15) is 35.3 Å². The second-order valence-corrected chi connectivity index (χ2v) is 7.82. The summed E-state index contributed by atoms with van der Waals surface area (Å²) in [6.07, 6.45) is 0.256. The van der Waals surface area contributed by atoms with Gasteiger partial charge >= 0.3 is 0 Å². The standard InChI is InChI=1S/C26H27FN2O3/c1-18(2)28-25(30)15-19-10-12-23(13-11-19)29(17-20-6-4-8-22(27)14-20)26(31)21-7-5-9-24(16-21)32-3/h4-14,16,18H,15,17H2,1-3H3,(H,28,30). The molecule has 0 saturated heterocycles. The number of hydrogen-bond acceptors (Lipinski definition) is 3. The smallest absolute Gasteiger partial charge is 0.258 e. The monoisotopic (exact) mass is 434 g/mol. The van der Waals surface area contributed by atoms with Crippen LogP contribution in [-0.2, 0) is 17.8 Å². The molecule has 0 spiro atoms. The van der Waals surface area contributed by atoms with Gasteiger partial charge in [0.2, 0.25) is 5.91 Å². The Morgan fingerprint density at radius 2 is 1.69 bits per heavy atom. The first kappa shape index (κ1) is 23.0. The van der Waals surface area contributed by atoms with Crippen molar-refractivity contribution in [1.82, 2.24) is 5.32 Å². The summed E-state index contributed by atoms with van der Waals surface area (Å²) in [5.41, 5.74) is 2.62. The fourth-order valence-electron chi connectivity index (χ4n) is 3.36. The maximum atomic E-state index is 13.7. The first-order valence-electron chi connectivity index (χ1n) is 10.4. The zero-order valence-electron chi connectivity index (χ0n) is 18.5. The van der Waals surface area contributed by atoms with E-state index in [-0.39, 0.29) is 36.6 Å². The van der Waals surface area contributed by atoms with Crippen LogP contribution < -0.4 is 15.0 Å². The fourth-order valence-corrected chi connectivity index (χ4v) is 3.36. The number of benzene rings is 3. The molecule has 2 amide bonds. The van der Waals surface area contributed by atoms with Crippen LogP contribution in [-0.4, -0.2) is 25.0 Å². The topological polar surface area (TPSA) is 58.6 Å².